The van der Waals surface area contributed by atoms with Crippen molar-refractivity contribution in [1.29, 1.82) is 0 Å². The highest BCUT2D eigenvalue weighted by atomic mass is 32.2. The van der Waals surface area contributed by atoms with Gasteiger partial charge in [0, 0.05) is 18.4 Å². The van der Waals surface area contributed by atoms with Crippen LogP contribution in [0.1, 0.15) is 48.1 Å². The molecule has 0 amide bonds. The van der Waals surface area contributed by atoms with Crippen LogP contribution in [0.2, 0.25) is 0 Å². The van der Waals surface area contributed by atoms with E-state index in [1.165, 1.54) is 29.8 Å². The first kappa shape index (κ1) is 25.7. The molecule has 3 rings (SSSR count). The van der Waals surface area contributed by atoms with E-state index < -0.39 is 12.6 Å². The van der Waals surface area contributed by atoms with E-state index in [2.05, 4.69) is 31.5 Å². The fourth-order valence-electron chi connectivity index (χ4n) is 3.08. The van der Waals surface area contributed by atoms with Crippen molar-refractivity contribution < 1.29 is 13.2 Å². The van der Waals surface area contributed by atoms with Gasteiger partial charge in [-0.3, -0.25) is 4.99 Å². The van der Waals surface area contributed by atoms with Crippen molar-refractivity contribution in [2.24, 2.45) is 10.1 Å². The maximum atomic E-state index is 13.1. The van der Waals surface area contributed by atoms with Crippen molar-refractivity contribution in [1.82, 2.24) is 5.01 Å². The molecule has 1 aliphatic rings. The fourth-order valence-corrected chi connectivity index (χ4v) is 3.86. The summed E-state index contributed by atoms with van der Waals surface area (Å²) in [6.07, 6.45) is -4.08. The topological polar surface area (TPSA) is 28.0 Å². The average Bonchev–Trinajstić information content (AvgIpc) is 2.72. The first-order valence-electron chi connectivity index (χ1n) is 10.5. The summed E-state index contributed by atoms with van der Waals surface area (Å²) < 4.78 is 39.2. The lowest BCUT2D eigenvalue weighted by atomic mass is 10.0. The molecule has 3 nitrogen and oxygen atoms in total. The number of hydrazone groups is 1. The zero-order valence-corrected chi connectivity index (χ0v) is 20.1. The Kier molecular flexibility index (Phi) is 9.13. The highest BCUT2D eigenvalue weighted by molar-refractivity contribution is 8.03. The van der Waals surface area contributed by atoms with Gasteiger partial charge in [-0.15, -0.1) is 11.8 Å². The number of hydrogen-bond donors (Lipinski definition) is 0. The van der Waals surface area contributed by atoms with Gasteiger partial charge in [-0.1, -0.05) is 63.2 Å². The summed E-state index contributed by atoms with van der Waals surface area (Å²) in [6.45, 7) is 12.4. The van der Waals surface area contributed by atoms with E-state index >= 15 is 0 Å². The summed E-state index contributed by atoms with van der Waals surface area (Å²) >= 11 is 1.49. The Labute approximate surface area is 193 Å². The Morgan fingerprint density at radius 1 is 1.12 bits per heavy atom. The largest absolute Gasteiger partial charge is 0.393 e. The van der Waals surface area contributed by atoms with Gasteiger partial charge >= 0.3 is 6.18 Å². The minimum absolute atomic E-state index is 0.159. The van der Waals surface area contributed by atoms with Crippen LogP contribution in [0.25, 0.3) is 0 Å². The molecule has 0 unspecified atom stereocenters. The zero-order chi connectivity index (χ0) is 23.9. The van der Waals surface area contributed by atoms with Crippen molar-refractivity contribution in [3.8, 4) is 0 Å². The minimum Gasteiger partial charge on any atom is -0.270 e. The molecule has 7 heteroatoms. The van der Waals surface area contributed by atoms with Crippen LogP contribution in [-0.4, -0.2) is 35.5 Å². The highest BCUT2D eigenvalue weighted by Gasteiger charge is 2.31. The van der Waals surface area contributed by atoms with Crippen LogP contribution in [0, 0.1) is 13.8 Å². The number of hydrogen-bond acceptors (Lipinski definition) is 3. The second-order valence-electron chi connectivity index (χ2n) is 7.54. The summed E-state index contributed by atoms with van der Waals surface area (Å²) in [5.41, 5.74) is 4.73. The lowest BCUT2D eigenvalue weighted by molar-refractivity contribution is -0.127. The van der Waals surface area contributed by atoms with Gasteiger partial charge in [0.2, 0.25) is 0 Å². The van der Waals surface area contributed by atoms with Gasteiger partial charge in [0.15, 0.2) is 5.84 Å². The molecule has 0 bridgehead atoms. The van der Waals surface area contributed by atoms with E-state index in [1.54, 1.807) is 30.3 Å². The molecule has 2 aromatic carbocycles. The first-order valence-corrected chi connectivity index (χ1v) is 11.5. The van der Waals surface area contributed by atoms with Crippen LogP contribution in [0.3, 0.4) is 0 Å². The molecule has 0 aromatic heterocycles. The second-order valence-corrected chi connectivity index (χ2v) is 8.59. The second kappa shape index (κ2) is 11.4. The van der Waals surface area contributed by atoms with Gasteiger partial charge in [-0.25, -0.2) is 5.01 Å². The lowest BCUT2D eigenvalue weighted by Gasteiger charge is -2.29. The SMILES string of the molecule is C=C1SCC(c2ccc(C)c(C)c2)=NN1C(=NC)c1ccccc1CC(F)(F)F.CCC. The van der Waals surface area contributed by atoms with Gasteiger partial charge in [0.25, 0.3) is 0 Å². The number of halogens is 3. The van der Waals surface area contributed by atoms with E-state index in [1.807, 2.05) is 26.0 Å². The minimum atomic E-state index is -4.31. The quantitative estimate of drug-likeness (QED) is 0.359. The molecule has 0 radical (unpaired) electrons. The molecular weight excluding hydrogens is 431 g/mol. The van der Waals surface area contributed by atoms with Crippen LogP contribution < -0.4 is 0 Å². The van der Waals surface area contributed by atoms with Crippen molar-refractivity contribution in [3.63, 3.8) is 0 Å². The Bertz CT molecular complexity index is 1010. The Balaban J connectivity index is 0.00000114. The first-order chi connectivity index (χ1) is 15.1. The van der Waals surface area contributed by atoms with Crippen LogP contribution >= 0.6 is 11.8 Å². The number of thioether (sulfide) groups is 1. The number of aryl methyl sites for hydroxylation is 2. The third-order valence-electron chi connectivity index (χ3n) is 4.73. The Morgan fingerprint density at radius 3 is 2.38 bits per heavy atom. The van der Waals surface area contributed by atoms with Gasteiger partial charge in [-0.2, -0.15) is 18.3 Å². The Hall–Kier alpha value is -2.54. The molecule has 0 fully saturated rings. The van der Waals surface area contributed by atoms with Crippen molar-refractivity contribution in [2.75, 3.05) is 12.8 Å². The normalized spacial score (nSPS) is 14.6. The Morgan fingerprint density at radius 2 is 1.78 bits per heavy atom. The predicted octanol–water partition coefficient (Wildman–Crippen LogP) is 7.13. The smallest absolute Gasteiger partial charge is 0.270 e. The standard InChI is InChI=1S/C22H22F3N3S.C3H8/c1-14-9-10-17(11-15(14)2)20-13-29-16(3)28(27-20)21(26-4)19-8-6-5-7-18(19)12-22(23,24)25;1-3-2/h5-11H,3,12-13H2,1-2,4H3;3H2,1-2H3. The number of aliphatic imine (C=N–C) groups is 1. The molecule has 0 atom stereocenters. The molecule has 0 saturated heterocycles. The number of nitrogens with zero attached hydrogens (tertiary/aromatic N) is 3. The van der Waals surface area contributed by atoms with Crippen molar-refractivity contribution >= 4 is 23.3 Å². The van der Waals surface area contributed by atoms with Crippen LogP contribution in [0.5, 0.6) is 0 Å². The van der Waals surface area contributed by atoms with Crippen molar-refractivity contribution in [2.45, 2.75) is 46.7 Å². The van der Waals surface area contributed by atoms with E-state index in [-0.39, 0.29) is 5.56 Å². The fraction of sp³-hybridized carbons (Fsp3) is 0.360. The molecule has 2 aromatic rings. The molecule has 0 spiro atoms. The summed E-state index contributed by atoms with van der Waals surface area (Å²) in [5.74, 6) is 0.988. The molecule has 0 aliphatic carbocycles. The average molecular weight is 462 g/mol. The number of benzene rings is 2. The number of alkyl halides is 3. The summed E-state index contributed by atoms with van der Waals surface area (Å²) in [4.78, 5) is 4.28. The van der Waals surface area contributed by atoms with Crippen LogP contribution in [-0.2, 0) is 6.42 Å². The molecular formula is C25H30F3N3S. The maximum absolute atomic E-state index is 13.1. The molecule has 1 aliphatic heterocycles. The molecule has 0 saturated carbocycles. The lowest BCUT2D eigenvalue weighted by Crippen LogP contribution is -2.31. The molecule has 0 N–H and O–H groups in total. The summed E-state index contributed by atoms with van der Waals surface area (Å²) in [5, 5.41) is 6.88. The van der Waals surface area contributed by atoms with Gasteiger partial charge in [0.05, 0.1) is 17.2 Å². The van der Waals surface area contributed by atoms with E-state index in [0.29, 0.717) is 22.2 Å². The van der Waals surface area contributed by atoms with Crippen LogP contribution in [0.4, 0.5) is 13.2 Å². The van der Waals surface area contributed by atoms with Gasteiger partial charge in [0.1, 0.15) is 0 Å². The molecule has 32 heavy (non-hydrogen) atoms. The highest BCUT2D eigenvalue weighted by Crippen LogP contribution is 2.31. The summed E-state index contributed by atoms with van der Waals surface area (Å²) in [7, 11) is 1.55. The zero-order valence-electron chi connectivity index (χ0n) is 19.3. The predicted molar refractivity (Wildman–Crippen MR) is 131 cm³/mol. The molecule has 172 valence electrons. The third-order valence-corrected chi connectivity index (χ3v) is 5.66. The van der Waals surface area contributed by atoms with Crippen LogP contribution in [0.15, 0.2) is 64.2 Å². The van der Waals surface area contributed by atoms with Gasteiger partial charge in [-0.05, 0) is 42.2 Å². The number of rotatable bonds is 3. The maximum Gasteiger partial charge on any atom is 0.393 e. The van der Waals surface area contributed by atoms with Crippen molar-refractivity contribution in [3.05, 3.63) is 81.9 Å². The number of amidine groups is 1. The monoisotopic (exact) mass is 461 g/mol. The molecule has 1 heterocycles. The van der Waals surface area contributed by atoms with E-state index in [9.17, 15) is 13.2 Å². The van der Waals surface area contributed by atoms with E-state index in [0.717, 1.165) is 16.8 Å². The third kappa shape index (κ3) is 6.73. The summed E-state index contributed by atoms with van der Waals surface area (Å²) in [6, 6.07) is 12.5. The van der Waals surface area contributed by atoms with E-state index in [4.69, 9.17) is 5.10 Å². The van der Waals surface area contributed by atoms with Gasteiger partial charge < -0.3 is 0 Å².